The van der Waals surface area contributed by atoms with Crippen molar-refractivity contribution >= 4 is 24.2 Å². The van der Waals surface area contributed by atoms with Crippen molar-refractivity contribution in [1.82, 2.24) is 15.5 Å². The van der Waals surface area contributed by atoms with Crippen LogP contribution in [-0.4, -0.2) is 48.9 Å². The zero-order valence-electron chi connectivity index (χ0n) is 11.9. The predicted octanol–water partition coefficient (Wildman–Crippen LogP) is 0.925. The molecule has 5 nitrogen and oxygen atoms in total. The SMILES string of the molecule is CCN(CC)C(=O)CCC(=O)NC1CCCNC1.Cl. The third-order valence-corrected chi connectivity index (χ3v) is 3.34. The Morgan fingerprint density at radius 3 is 2.47 bits per heavy atom. The smallest absolute Gasteiger partial charge is 0.223 e. The van der Waals surface area contributed by atoms with E-state index in [0.717, 1.165) is 25.9 Å². The van der Waals surface area contributed by atoms with E-state index in [4.69, 9.17) is 0 Å². The first kappa shape index (κ1) is 18.2. The predicted molar refractivity (Wildman–Crippen MR) is 78.4 cm³/mol. The van der Waals surface area contributed by atoms with Crippen molar-refractivity contribution in [2.75, 3.05) is 26.2 Å². The Morgan fingerprint density at radius 2 is 1.95 bits per heavy atom. The molecule has 0 aromatic rings. The molecule has 1 heterocycles. The lowest BCUT2D eigenvalue weighted by Gasteiger charge is -2.24. The largest absolute Gasteiger partial charge is 0.352 e. The van der Waals surface area contributed by atoms with Crippen LogP contribution < -0.4 is 10.6 Å². The van der Waals surface area contributed by atoms with Crippen molar-refractivity contribution in [3.8, 4) is 0 Å². The molecule has 2 amide bonds. The van der Waals surface area contributed by atoms with Gasteiger partial charge in [-0.25, -0.2) is 0 Å². The lowest BCUT2D eigenvalue weighted by atomic mass is 10.1. The fourth-order valence-electron chi connectivity index (χ4n) is 2.23. The van der Waals surface area contributed by atoms with Crippen LogP contribution in [0.15, 0.2) is 0 Å². The standard InChI is InChI=1S/C13H25N3O2.ClH/c1-3-16(4-2)13(18)8-7-12(17)15-11-6-5-9-14-10-11;/h11,14H,3-10H2,1-2H3,(H,15,17);1H. The highest BCUT2D eigenvalue weighted by atomic mass is 35.5. The number of amides is 2. The first-order chi connectivity index (χ1) is 8.67. The molecule has 0 aliphatic carbocycles. The van der Waals surface area contributed by atoms with Crippen LogP contribution in [0.3, 0.4) is 0 Å². The zero-order valence-corrected chi connectivity index (χ0v) is 12.7. The molecular weight excluding hydrogens is 266 g/mol. The number of halogens is 1. The summed E-state index contributed by atoms with van der Waals surface area (Å²) in [5.74, 6) is 0.0566. The van der Waals surface area contributed by atoms with Gasteiger partial charge in [-0.15, -0.1) is 12.4 Å². The summed E-state index contributed by atoms with van der Waals surface area (Å²) in [4.78, 5) is 25.2. The van der Waals surface area contributed by atoms with E-state index in [2.05, 4.69) is 10.6 Å². The number of hydrogen-bond acceptors (Lipinski definition) is 3. The van der Waals surface area contributed by atoms with Gasteiger partial charge in [0, 0.05) is 38.5 Å². The van der Waals surface area contributed by atoms with Crippen molar-refractivity contribution in [3.63, 3.8) is 0 Å². The minimum atomic E-state index is -0.00999. The lowest BCUT2D eigenvalue weighted by molar-refractivity contribution is -0.133. The van der Waals surface area contributed by atoms with Crippen LogP contribution in [-0.2, 0) is 9.59 Å². The molecule has 1 fully saturated rings. The van der Waals surface area contributed by atoms with Crippen molar-refractivity contribution in [1.29, 1.82) is 0 Å². The number of piperidine rings is 1. The van der Waals surface area contributed by atoms with E-state index in [1.165, 1.54) is 0 Å². The molecule has 19 heavy (non-hydrogen) atoms. The molecule has 6 heteroatoms. The summed E-state index contributed by atoms with van der Waals surface area (Å²) in [6.07, 6.45) is 2.74. The highest BCUT2D eigenvalue weighted by Crippen LogP contribution is 2.03. The van der Waals surface area contributed by atoms with Gasteiger partial charge < -0.3 is 15.5 Å². The molecule has 1 rings (SSSR count). The van der Waals surface area contributed by atoms with Crippen LogP contribution >= 0.6 is 12.4 Å². The zero-order chi connectivity index (χ0) is 13.4. The van der Waals surface area contributed by atoms with E-state index in [1.807, 2.05) is 13.8 Å². The summed E-state index contributed by atoms with van der Waals surface area (Å²) in [7, 11) is 0. The van der Waals surface area contributed by atoms with Crippen LogP contribution in [0, 0.1) is 0 Å². The van der Waals surface area contributed by atoms with E-state index in [-0.39, 0.29) is 30.3 Å². The number of hydrogen-bond donors (Lipinski definition) is 2. The Kier molecular flexibility index (Phi) is 9.61. The number of carbonyl (C=O) groups is 2. The minimum absolute atomic E-state index is 0. The topological polar surface area (TPSA) is 61.4 Å². The molecule has 1 atom stereocenters. The summed E-state index contributed by atoms with van der Waals surface area (Å²) in [5, 5.41) is 6.23. The highest BCUT2D eigenvalue weighted by Gasteiger charge is 2.16. The van der Waals surface area contributed by atoms with Crippen LogP contribution in [0.4, 0.5) is 0 Å². The second kappa shape index (κ2) is 10.0. The number of nitrogens with zero attached hydrogens (tertiary/aromatic N) is 1. The first-order valence-electron chi connectivity index (χ1n) is 6.95. The average molecular weight is 292 g/mol. The number of rotatable bonds is 6. The molecule has 112 valence electrons. The second-order valence-electron chi connectivity index (χ2n) is 4.68. The van der Waals surface area contributed by atoms with Crippen molar-refractivity contribution < 1.29 is 9.59 Å². The molecule has 0 spiro atoms. The maximum atomic E-state index is 11.7. The van der Waals surface area contributed by atoms with Gasteiger partial charge in [0.05, 0.1) is 0 Å². The van der Waals surface area contributed by atoms with Gasteiger partial charge in [0.15, 0.2) is 0 Å². The average Bonchev–Trinajstić information content (AvgIpc) is 2.39. The molecule has 0 aromatic carbocycles. The number of nitrogens with one attached hydrogen (secondary N) is 2. The van der Waals surface area contributed by atoms with Gasteiger partial charge in [0.25, 0.3) is 0 Å². The lowest BCUT2D eigenvalue weighted by Crippen LogP contribution is -2.45. The third kappa shape index (κ3) is 6.78. The Hall–Kier alpha value is -0.810. The molecular formula is C13H26ClN3O2. The van der Waals surface area contributed by atoms with Gasteiger partial charge in [-0.2, -0.15) is 0 Å². The molecule has 1 unspecified atom stereocenters. The van der Waals surface area contributed by atoms with Gasteiger partial charge >= 0.3 is 0 Å². The summed E-state index contributed by atoms with van der Waals surface area (Å²) < 4.78 is 0. The van der Waals surface area contributed by atoms with E-state index in [1.54, 1.807) is 4.90 Å². The summed E-state index contributed by atoms with van der Waals surface area (Å²) in [5.41, 5.74) is 0. The Morgan fingerprint density at radius 1 is 1.26 bits per heavy atom. The minimum Gasteiger partial charge on any atom is -0.352 e. The summed E-state index contributed by atoms with van der Waals surface area (Å²) >= 11 is 0. The second-order valence-corrected chi connectivity index (χ2v) is 4.68. The van der Waals surface area contributed by atoms with E-state index >= 15 is 0 Å². The van der Waals surface area contributed by atoms with E-state index < -0.39 is 0 Å². The molecule has 0 radical (unpaired) electrons. The van der Waals surface area contributed by atoms with E-state index in [0.29, 0.717) is 25.9 Å². The fraction of sp³-hybridized carbons (Fsp3) is 0.846. The summed E-state index contributed by atoms with van der Waals surface area (Å²) in [6, 6.07) is 0.231. The Labute approximate surface area is 121 Å². The maximum absolute atomic E-state index is 11.7. The van der Waals surface area contributed by atoms with Crippen LogP contribution in [0.2, 0.25) is 0 Å². The molecule has 0 saturated carbocycles. The Bertz CT molecular complexity index is 277. The molecule has 2 N–H and O–H groups in total. The van der Waals surface area contributed by atoms with Crippen LogP contribution in [0.1, 0.15) is 39.5 Å². The molecule has 1 saturated heterocycles. The Balaban J connectivity index is 0.00000324. The highest BCUT2D eigenvalue weighted by molar-refractivity contribution is 5.85. The van der Waals surface area contributed by atoms with Crippen molar-refractivity contribution in [2.24, 2.45) is 0 Å². The molecule has 0 aromatic heterocycles. The first-order valence-corrected chi connectivity index (χ1v) is 6.95. The van der Waals surface area contributed by atoms with Gasteiger partial charge in [-0.3, -0.25) is 9.59 Å². The molecule has 1 aliphatic heterocycles. The normalized spacial score (nSPS) is 18.3. The molecule has 0 bridgehead atoms. The van der Waals surface area contributed by atoms with E-state index in [9.17, 15) is 9.59 Å². The monoisotopic (exact) mass is 291 g/mol. The number of carbonyl (C=O) groups excluding carboxylic acids is 2. The van der Waals surface area contributed by atoms with Gasteiger partial charge in [0.2, 0.25) is 11.8 Å². The van der Waals surface area contributed by atoms with Gasteiger partial charge in [-0.1, -0.05) is 0 Å². The molecule has 1 aliphatic rings. The maximum Gasteiger partial charge on any atom is 0.223 e. The summed E-state index contributed by atoms with van der Waals surface area (Å²) in [6.45, 7) is 7.21. The third-order valence-electron chi connectivity index (χ3n) is 3.34. The van der Waals surface area contributed by atoms with Crippen molar-refractivity contribution in [3.05, 3.63) is 0 Å². The quantitative estimate of drug-likeness (QED) is 0.765. The van der Waals surface area contributed by atoms with Crippen molar-refractivity contribution in [2.45, 2.75) is 45.6 Å². The van der Waals surface area contributed by atoms with Gasteiger partial charge in [0.1, 0.15) is 0 Å². The van der Waals surface area contributed by atoms with Crippen LogP contribution in [0.25, 0.3) is 0 Å². The fourth-order valence-corrected chi connectivity index (χ4v) is 2.23. The van der Waals surface area contributed by atoms with Gasteiger partial charge in [-0.05, 0) is 33.2 Å². The van der Waals surface area contributed by atoms with Crippen LogP contribution in [0.5, 0.6) is 0 Å².